The highest BCUT2D eigenvalue weighted by molar-refractivity contribution is 7.88. The lowest BCUT2D eigenvalue weighted by Gasteiger charge is -2.35. The number of benzene rings is 2. The summed E-state index contributed by atoms with van der Waals surface area (Å²) in [5.74, 6) is -1.40. The van der Waals surface area contributed by atoms with E-state index in [9.17, 15) is 22.0 Å². The predicted octanol–water partition coefficient (Wildman–Crippen LogP) is 3.99. The molecule has 2 aromatic heterocycles. The molecule has 13 heteroatoms. The summed E-state index contributed by atoms with van der Waals surface area (Å²) in [6.45, 7) is 3.36. The van der Waals surface area contributed by atoms with E-state index in [-0.39, 0.29) is 35.7 Å². The number of nitrogen functional groups attached to an aromatic ring is 1. The minimum Gasteiger partial charge on any atom is -0.486 e. The Labute approximate surface area is 253 Å². The van der Waals surface area contributed by atoms with Crippen LogP contribution in [-0.2, 0) is 15.8 Å². The first-order valence-electron chi connectivity index (χ1n) is 14.2. The van der Waals surface area contributed by atoms with E-state index in [0.717, 1.165) is 46.8 Å². The molecule has 0 bridgehead atoms. The second-order valence-corrected chi connectivity index (χ2v) is 13.6. The molecule has 1 aliphatic carbocycles. The minimum atomic E-state index is -3.62. The van der Waals surface area contributed by atoms with Crippen LogP contribution in [-0.4, -0.2) is 60.3 Å². The number of anilines is 2. The molecule has 2 N–H and O–H groups in total. The Bertz CT molecular complexity index is 1830. The number of rotatable bonds is 9. The zero-order valence-electron chi connectivity index (χ0n) is 24.1. The molecule has 4 aromatic rings. The average Bonchev–Trinajstić information content (AvgIpc) is 3.73. The molecule has 0 radical (unpaired) electrons. The monoisotopic (exact) mass is 622 g/mol. The Morgan fingerprint density at radius 2 is 1.64 bits per heavy atom. The SMILES string of the molecule is CC1(COc2c(N3CCN(S(=O)(=O)Cc4ccc(-c5ccnc(N)c5)cc4)CC3)cnn(-c3cc(F)cc(F)c3)c2=O)CC1. The average molecular weight is 623 g/mol. The molecular formula is C31H32F2N6O4S. The van der Waals surface area contributed by atoms with Gasteiger partial charge < -0.3 is 15.4 Å². The fourth-order valence-electron chi connectivity index (χ4n) is 5.17. The fourth-order valence-corrected chi connectivity index (χ4v) is 6.69. The van der Waals surface area contributed by atoms with E-state index < -0.39 is 27.2 Å². The topological polar surface area (TPSA) is 124 Å². The molecule has 1 aliphatic heterocycles. The van der Waals surface area contributed by atoms with Crippen molar-refractivity contribution in [3.8, 4) is 22.6 Å². The van der Waals surface area contributed by atoms with E-state index in [2.05, 4.69) is 17.0 Å². The highest BCUT2D eigenvalue weighted by Gasteiger charge is 2.39. The van der Waals surface area contributed by atoms with Crippen molar-refractivity contribution in [2.75, 3.05) is 43.4 Å². The van der Waals surface area contributed by atoms with Crippen molar-refractivity contribution >= 4 is 21.5 Å². The van der Waals surface area contributed by atoms with Crippen molar-refractivity contribution in [1.82, 2.24) is 19.1 Å². The Morgan fingerprint density at radius 1 is 0.955 bits per heavy atom. The largest absolute Gasteiger partial charge is 0.486 e. The van der Waals surface area contributed by atoms with Crippen LogP contribution in [0.2, 0.25) is 0 Å². The number of piperazine rings is 1. The van der Waals surface area contributed by atoms with Gasteiger partial charge in [-0.2, -0.15) is 14.1 Å². The van der Waals surface area contributed by atoms with Gasteiger partial charge in [-0.15, -0.1) is 0 Å². The van der Waals surface area contributed by atoms with Crippen LogP contribution < -0.4 is 20.9 Å². The standard InChI is InChI=1S/C31H32F2N6O4S/c1-31(7-8-31)20-43-29-27(18-36-39(30(29)40)26-16-24(32)15-25(33)17-26)37-10-12-38(13-11-37)44(41,42)19-21-2-4-22(5-3-21)23-6-9-35-28(34)14-23/h2-6,9,14-18H,7-8,10-13,19-20H2,1H3,(H2,34,35). The first kappa shape index (κ1) is 29.7. The van der Waals surface area contributed by atoms with Crippen LogP contribution in [0, 0.1) is 17.0 Å². The van der Waals surface area contributed by atoms with Crippen molar-refractivity contribution in [3.05, 3.63) is 94.5 Å². The van der Waals surface area contributed by atoms with E-state index in [0.29, 0.717) is 36.8 Å². The van der Waals surface area contributed by atoms with E-state index >= 15 is 0 Å². The summed E-state index contributed by atoms with van der Waals surface area (Å²) in [6.07, 6.45) is 4.98. The Hall–Kier alpha value is -4.36. The Balaban J connectivity index is 1.18. The number of nitrogens with zero attached hydrogens (tertiary/aromatic N) is 5. The number of pyridine rings is 1. The molecule has 6 rings (SSSR count). The summed E-state index contributed by atoms with van der Waals surface area (Å²) in [4.78, 5) is 19.4. The van der Waals surface area contributed by atoms with Gasteiger partial charge in [-0.1, -0.05) is 31.2 Å². The van der Waals surface area contributed by atoms with Gasteiger partial charge in [-0.05, 0) is 53.8 Å². The number of hydrogen-bond acceptors (Lipinski definition) is 8. The van der Waals surface area contributed by atoms with E-state index in [1.165, 1.54) is 10.5 Å². The van der Waals surface area contributed by atoms with Crippen LogP contribution in [0.1, 0.15) is 25.3 Å². The van der Waals surface area contributed by atoms with Crippen LogP contribution in [0.25, 0.3) is 16.8 Å². The normalized spacial score (nSPS) is 16.6. The molecule has 44 heavy (non-hydrogen) atoms. The number of aromatic nitrogens is 3. The number of sulfonamides is 1. The van der Waals surface area contributed by atoms with Crippen molar-refractivity contribution in [2.24, 2.45) is 5.41 Å². The molecule has 0 spiro atoms. The van der Waals surface area contributed by atoms with E-state index in [1.807, 2.05) is 23.1 Å². The maximum absolute atomic E-state index is 13.9. The second kappa shape index (κ2) is 11.6. The summed E-state index contributed by atoms with van der Waals surface area (Å²) >= 11 is 0. The lowest BCUT2D eigenvalue weighted by atomic mass is 10.1. The third-order valence-corrected chi connectivity index (χ3v) is 9.92. The molecule has 10 nitrogen and oxygen atoms in total. The predicted molar refractivity (Wildman–Crippen MR) is 163 cm³/mol. The molecule has 230 valence electrons. The summed E-state index contributed by atoms with van der Waals surface area (Å²) in [7, 11) is -3.62. The van der Waals surface area contributed by atoms with Crippen molar-refractivity contribution < 1.29 is 21.9 Å². The smallest absolute Gasteiger partial charge is 0.316 e. The first-order chi connectivity index (χ1) is 21.0. The van der Waals surface area contributed by atoms with Gasteiger partial charge in [-0.25, -0.2) is 22.2 Å². The molecular weight excluding hydrogens is 590 g/mol. The number of ether oxygens (including phenoxy) is 1. The van der Waals surface area contributed by atoms with Gasteiger partial charge in [-0.3, -0.25) is 4.79 Å². The van der Waals surface area contributed by atoms with Crippen LogP contribution in [0.15, 0.2) is 71.8 Å². The maximum atomic E-state index is 13.9. The number of nitrogens with two attached hydrogens (primary N) is 1. The van der Waals surface area contributed by atoms with Crippen LogP contribution >= 0.6 is 0 Å². The highest BCUT2D eigenvalue weighted by Crippen LogP contribution is 2.45. The molecule has 2 aromatic carbocycles. The van der Waals surface area contributed by atoms with Crippen LogP contribution in [0.5, 0.6) is 5.75 Å². The fraction of sp³-hybridized carbons (Fsp3) is 0.323. The van der Waals surface area contributed by atoms with Gasteiger partial charge in [0.05, 0.1) is 24.2 Å². The molecule has 0 unspecified atom stereocenters. The zero-order valence-corrected chi connectivity index (χ0v) is 24.9. The molecule has 3 heterocycles. The summed E-state index contributed by atoms with van der Waals surface area (Å²) < 4.78 is 62.9. The molecule has 1 saturated heterocycles. The zero-order chi connectivity index (χ0) is 31.1. The molecule has 0 amide bonds. The van der Waals surface area contributed by atoms with Gasteiger partial charge >= 0.3 is 5.56 Å². The van der Waals surface area contributed by atoms with Crippen LogP contribution in [0.3, 0.4) is 0 Å². The second-order valence-electron chi connectivity index (χ2n) is 11.6. The number of halogens is 2. The third-order valence-electron chi connectivity index (χ3n) is 8.07. The first-order valence-corrected chi connectivity index (χ1v) is 15.9. The van der Waals surface area contributed by atoms with Crippen molar-refractivity contribution in [3.63, 3.8) is 0 Å². The Morgan fingerprint density at radius 3 is 2.27 bits per heavy atom. The third kappa shape index (κ3) is 6.43. The maximum Gasteiger partial charge on any atom is 0.316 e. The molecule has 0 atom stereocenters. The lowest BCUT2D eigenvalue weighted by molar-refractivity contribution is 0.242. The van der Waals surface area contributed by atoms with Gasteiger partial charge in [0.25, 0.3) is 0 Å². The molecule has 2 aliphatic rings. The molecule has 1 saturated carbocycles. The van der Waals surface area contributed by atoms with Gasteiger partial charge in [0.2, 0.25) is 15.8 Å². The number of hydrogen-bond donors (Lipinski definition) is 1. The minimum absolute atomic E-state index is 0.0187. The van der Waals surface area contributed by atoms with E-state index in [4.69, 9.17) is 10.5 Å². The van der Waals surface area contributed by atoms with Gasteiger partial charge in [0, 0.05) is 43.9 Å². The summed E-state index contributed by atoms with van der Waals surface area (Å²) in [6, 6.07) is 13.6. The lowest BCUT2D eigenvalue weighted by Crippen LogP contribution is -2.49. The summed E-state index contributed by atoms with van der Waals surface area (Å²) in [5, 5.41) is 4.19. The van der Waals surface area contributed by atoms with Crippen molar-refractivity contribution in [2.45, 2.75) is 25.5 Å². The summed E-state index contributed by atoms with van der Waals surface area (Å²) in [5.41, 5.74) is 7.89. The van der Waals surface area contributed by atoms with Gasteiger partial charge in [0.15, 0.2) is 0 Å². The van der Waals surface area contributed by atoms with Gasteiger partial charge in [0.1, 0.15) is 23.1 Å². The quantitative estimate of drug-likeness (QED) is 0.297. The van der Waals surface area contributed by atoms with Crippen molar-refractivity contribution in [1.29, 1.82) is 0 Å². The Kier molecular flexibility index (Phi) is 7.84. The van der Waals surface area contributed by atoms with Crippen LogP contribution in [0.4, 0.5) is 20.3 Å². The highest BCUT2D eigenvalue weighted by atomic mass is 32.2. The van der Waals surface area contributed by atoms with E-state index in [1.54, 1.807) is 24.4 Å². The molecule has 2 fully saturated rings.